The van der Waals surface area contributed by atoms with Gasteiger partial charge in [0.15, 0.2) is 0 Å². The van der Waals surface area contributed by atoms with Crippen LogP contribution in [0.1, 0.15) is 43.4 Å². The van der Waals surface area contributed by atoms with Crippen LogP contribution in [0.4, 0.5) is 5.82 Å². The molecule has 6 nitrogen and oxygen atoms in total. The molecule has 1 aliphatic rings. The van der Waals surface area contributed by atoms with Crippen molar-refractivity contribution in [2.75, 3.05) is 5.32 Å². The van der Waals surface area contributed by atoms with Crippen molar-refractivity contribution in [2.45, 2.75) is 31.7 Å². The van der Waals surface area contributed by atoms with E-state index in [-0.39, 0.29) is 11.6 Å². The fraction of sp³-hybridized carbons (Fsp3) is 0.417. The number of hydrogen-bond donors (Lipinski definition) is 3. The monoisotopic (exact) mass is 245 g/mol. The summed E-state index contributed by atoms with van der Waals surface area (Å²) >= 11 is 0. The van der Waals surface area contributed by atoms with E-state index in [1.54, 1.807) is 12.4 Å². The minimum absolute atomic E-state index is 0.0126. The Kier molecular flexibility index (Phi) is 2.62. The van der Waals surface area contributed by atoms with Gasteiger partial charge in [0, 0.05) is 24.4 Å². The van der Waals surface area contributed by atoms with Crippen LogP contribution >= 0.6 is 0 Å². The van der Waals surface area contributed by atoms with Gasteiger partial charge < -0.3 is 15.3 Å². The van der Waals surface area contributed by atoms with E-state index in [2.05, 4.69) is 25.3 Å². The van der Waals surface area contributed by atoms with Crippen molar-refractivity contribution in [1.82, 2.24) is 19.9 Å². The Labute approximate surface area is 104 Å². The third-order valence-corrected chi connectivity index (χ3v) is 3.02. The van der Waals surface area contributed by atoms with Crippen molar-refractivity contribution < 1.29 is 0 Å². The van der Waals surface area contributed by atoms with Gasteiger partial charge in [0.05, 0.1) is 6.04 Å². The number of imidazole rings is 1. The fourth-order valence-electron chi connectivity index (χ4n) is 1.91. The van der Waals surface area contributed by atoms with Gasteiger partial charge in [0.25, 0.3) is 5.56 Å². The molecular weight excluding hydrogens is 230 g/mol. The largest absolute Gasteiger partial charge is 0.360 e. The first-order chi connectivity index (χ1) is 8.72. The van der Waals surface area contributed by atoms with Crippen LogP contribution in [0.2, 0.25) is 0 Å². The van der Waals surface area contributed by atoms with Gasteiger partial charge in [-0.3, -0.25) is 4.79 Å². The standard InChI is InChI=1S/C12H15N5O/c1-7(11-13-4-5-14-11)15-9-6-10(18)17-12(16-9)8-2-3-8/h4-8H,2-3H2,1H3,(H,13,14)(H2,15,16,17,18). The van der Waals surface area contributed by atoms with Crippen LogP contribution in [0.3, 0.4) is 0 Å². The van der Waals surface area contributed by atoms with Crippen molar-refractivity contribution in [3.05, 3.63) is 40.5 Å². The molecule has 6 heteroatoms. The van der Waals surface area contributed by atoms with E-state index in [0.717, 1.165) is 24.5 Å². The lowest BCUT2D eigenvalue weighted by atomic mass is 10.3. The van der Waals surface area contributed by atoms with E-state index in [1.165, 1.54) is 6.07 Å². The third kappa shape index (κ3) is 2.27. The van der Waals surface area contributed by atoms with Gasteiger partial charge in [-0.05, 0) is 19.8 Å². The topological polar surface area (TPSA) is 86.5 Å². The van der Waals surface area contributed by atoms with E-state index in [4.69, 9.17) is 0 Å². The smallest absolute Gasteiger partial charge is 0.252 e. The number of aromatic amines is 2. The Morgan fingerprint density at radius 3 is 3.00 bits per heavy atom. The second-order valence-corrected chi connectivity index (χ2v) is 4.63. The maximum absolute atomic E-state index is 11.6. The van der Waals surface area contributed by atoms with E-state index >= 15 is 0 Å². The molecule has 3 N–H and O–H groups in total. The lowest BCUT2D eigenvalue weighted by Gasteiger charge is -2.12. The van der Waals surface area contributed by atoms with Gasteiger partial charge in [-0.25, -0.2) is 9.97 Å². The molecule has 0 radical (unpaired) electrons. The van der Waals surface area contributed by atoms with Crippen LogP contribution < -0.4 is 10.9 Å². The molecule has 2 aromatic heterocycles. The Hall–Kier alpha value is -2.11. The van der Waals surface area contributed by atoms with Gasteiger partial charge in [-0.2, -0.15) is 0 Å². The highest BCUT2D eigenvalue weighted by Gasteiger charge is 2.26. The van der Waals surface area contributed by atoms with Crippen molar-refractivity contribution in [3.63, 3.8) is 0 Å². The molecule has 1 atom stereocenters. The maximum atomic E-state index is 11.6. The Morgan fingerprint density at radius 1 is 1.50 bits per heavy atom. The van der Waals surface area contributed by atoms with Crippen molar-refractivity contribution in [1.29, 1.82) is 0 Å². The Bertz CT molecular complexity index is 585. The summed E-state index contributed by atoms with van der Waals surface area (Å²) < 4.78 is 0. The van der Waals surface area contributed by atoms with Crippen molar-refractivity contribution in [3.8, 4) is 0 Å². The second kappa shape index (κ2) is 4.29. The van der Waals surface area contributed by atoms with Crippen LogP contribution in [0.15, 0.2) is 23.3 Å². The number of aromatic nitrogens is 4. The van der Waals surface area contributed by atoms with Crippen LogP contribution in [0.5, 0.6) is 0 Å². The molecule has 0 aliphatic heterocycles. The summed E-state index contributed by atoms with van der Waals surface area (Å²) in [6, 6.07) is 1.46. The predicted octanol–water partition coefficient (Wildman–Crippen LogP) is 1.54. The number of rotatable bonds is 4. The van der Waals surface area contributed by atoms with Crippen LogP contribution in [0.25, 0.3) is 0 Å². The molecule has 3 rings (SSSR count). The zero-order valence-electron chi connectivity index (χ0n) is 10.1. The van der Waals surface area contributed by atoms with Crippen molar-refractivity contribution >= 4 is 5.82 Å². The SMILES string of the molecule is CC(Nc1cc(=O)[nH]c(C2CC2)n1)c1ncc[nH]1. The van der Waals surface area contributed by atoms with Gasteiger partial charge in [0.1, 0.15) is 17.5 Å². The molecule has 0 spiro atoms. The summed E-state index contributed by atoms with van der Waals surface area (Å²) in [5.41, 5.74) is -0.110. The highest BCUT2D eigenvalue weighted by molar-refractivity contribution is 5.36. The molecule has 1 aliphatic carbocycles. The van der Waals surface area contributed by atoms with E-state index in [0.29, 0.717) is 11.7 Å². The predicted molar refractivity (Wildman–Crippen MR) is 67.5 cm³/mol. The first-order valence-electron chi connectivity index (χ1n) is 6.09. The number of anilines is 1. The maximum Gasteiger partial charge on any atom is 0.252 e. The number of H-pyrrole nitrogens is 2. The summed E-state index contributed by atoms with van der Waals surface area (Å²) in [5, 5.41) is 3.18. The fourth-order valence-corrected chi connectivity index (χ4v) is 1.91. The quantitative estimate of drug-likeness (QED) is 0.762. The van der Waals surface area contributed by atoms with Crippen LogP contribution in [-0.4, -0.2) is 19.9 Å². The van der Waals surface area contributed by atoms with Gasteiger partial charge >= 0.3 is 0 Å². The minimum Gasteiger partial charge on any atom is -0.360 e. The van der Waals surface area contributed by atoms with E-state index in [9.17, 15) is 4.79 Å². The zero-order chi connectivity index (χ0) is 12.5. The molecular formula is C12H15N5O. The summed E-state index contributed by atoms with van der Waals surface area (Å²) in [6.45, 7) is 1.97. The highest BCUT2D eigenvalue weighted by Crippen LogP contribution is 2.37. The summed E-state index contributed by atoms with van der Waals surface area (Å²) in [6.07, 6.45) is 5.70. The lowest BCUT2D eigenvalue weighted by molar-refractivity contribution is 0.794. The first-order valence-corrected chi connectivity index (χ1v) is 6.09. The molecule has 0 saturated heterocycles. The van der Waals surface area contributed by atoms with E-state index < -0.39 is 0 Å². The van der Waals surface area contributed by atoms with Gasteiger partial charge in [-0.15, -0.1) is 0 Å². The molecule has 1 unspecified atom stereocenters. The molecule has 18 heavy (non-hydrogen) atoms. The normalized spacial score (nSPS) is 16.5. The van der Waals surface area contributed by atoms with Gasteiger partial charge in [-0.1, -0.05) is 0 Å². The first kappa shape index (κ1) is 11.0. The van der Waals surface area contributed by atoms with Crippen molar-refractivity contribution in [2.24, 2.45) is 0 Å². The lowest BCUT2D eigenvalue weighted by Crippen LogP contribution is -2.16. The number of nitrogens with zero attached hydrogens (tertiary/aromatic N) is 2. The molecule has 0 amide bonds. The van der Waals surface area contributed by atoms with Gasteiger partial charge in [0.2, 0.25) is 0 Å². The Balaban J connectivity index is 1.81. The average Bonchev–Trinajstić information content (AvgIpc) is 3.03. The molecule has 2 heterocycles. The summed E-state index contributed by atoms with van der Waals surface area (Å²) in [7, 11) is 0. The van der Waals surface area contributed by atoms with E-state index in [1.807, 2.05) is 6.92 Å². The minimum atomic E-state index is -0.110. The number of hydrogen-bond acceptors (Lipinski definition) is 4. The molecule has 0 bridgehead atoms. The third-order valence-electron chi connectivity index (χ3n) is 3.02. The molecule has 0 aromatic carbocycles. The molecule has 2 aromatic rings. The Morgan fingerprint density at radius 2 is 2.33 bits per heavy atom. The summed E-state index contributed by atoms with van der Waals surface area (Å²) in [5.74, 6) is 2.64. The number of nitrogens with one attached hydrogen (secondary N) is 3. The molecule has 1 saturated carbocycles. The molecule has 1 fully saturated rings. The van der Waals surface area contributed by atoms with Crippen LogP contribution in [0, 0.1) is 0 Å². The average molecular weight is 245 g/mol. The second-order valence-electron chi connectivity index (χ2n) is 4.63. The van der Waals surface area contributed by atoms with Crippen LogP contribution in [-0.2, 0) is 0 Å². The zero-order valence-corrected chi connectivity index (χ0v) is 10.1. The summed E-state index contributed by atoms with van der Waals surface area (Å²) in [4.78, 5) is 26.0. The molecule has 94 valence electrons. The highest BCUT2D eigenvalue weighted by atomic mass is 16.1.